The van der Waals surface area contributed by atoms with Crippen molar-refractivity contribution >= 4 is 33.2 Å². The van der Waals surface area contributed by atoms with Crippen molar-refractivity contribution in [3.8, 4) is 0 Å². The Morgan fingerprint density at radius 1 is 1.56 bits per heavy atom. The van der Waals surface area contributed by atoms with Gasteiger partial charge in [0.2, 0.25) is 0 Å². The summed E-state index contributed by atoms with van der Waals surface area (Å²) in [5.41, 5.74) is 2.36. The van der Waals surface area contributed by atoms with Crippen LogP contribution in [0.25, 0.3) is 0 Å². The third-order valence-electron chi connectivity index (χ3n) is 3.02. The molecule has 1 heterocycles. The van der Waals surface area contributed by atoms with Crippen molar-refractivity contribution in [1.29, 1.82) is 0 Å². The van der Waals surface area contributed by atoms with Crippen LogP contribution in [0.3, 0.4) is 0 Å². The fraction of sp³-hybridized carbons (Fsp3) is 0.500. The summed E-state index contributed by atoms with van der Waals surface area (Å²) < 4.78 is 6.50. The summed E-state index contributed by atoms with van der Waals surface area (Å²) in [7, 11) is 2.11. The van der Waals surface area contributed by atoms with Crippen LogP contribution >= 0.6 is 27.5 Å². The number of nitrogens with zero attached hydrogens (tertiary/aromatic N) is 1. The van der Waals surface area contributed by atoms with Crippen LogP contribution in [0.4, 0.5) is 5.69 Å². The minimum absolute atomic E-state index is 0.469. The van der Waals surface area contributed by atoms with Gasteiger partial charge in [-0.1, -0.05) is 22.0 Å². The fourth-order valence-corrected chi connectivity index (χ4v) is 2.58. The minimum atomic E-state index is 0.469. The molecule has 0 spiro atoms. The van der Waals surface area contributed by atoms with Gasteiger partial charge in [-0.2, -0.15) is 0 Å². The Morgan fingerprint density at radius 3 is 3.00 bits per heavy atom. The normalized spacial score (nSPS) is 20.1. The molecule has 16 heavy (non-hydrogen) atoms. The number of alkyl halides is 1. The molecule has 1 atom stereocenters. The average Bonchev–Trinajstić information content (AvgIpc) is 2.81. The number of hydrogen-bond acceptors (Lipinski definition) is 2. The number of rotatable bonds is 3. The Balaban J connectivity index is 2.26. The molecule has 0 aromatic heterocycles. The first-order chi connectivity index (χ1) is 7.72. The second-order valence-electron chi connectivity index (χ2n) is 4.03. The lowest BCUT2D eigenvalue weighted by Crippen LogP contribution is -2.32. The molecular formula is C12H15BrClNO. The van der Waals surface area contributed by atoms with E-state index < -0.39 is 0 Å². The molecule has 1 saturated heterocycles. The summed E-state index contributed by atoms with van der Waals surface area (Å²) in [6.45, 7) is 1.67. The highest BCUT2D eigenvalue weighted by molar-refractivity contribution is 9.10. The maximum atomic E-state index is 5.96. The minimum Gasteiger partial charge on any atom is -0.379 e. The van der Waals surface area contributed by atoms with Crippen LogP contribution in [0.15, 0.2) is 22.7 Å². The molecule has 2 rings (SSSR count). The molecule has 2 nitrogen and oxygen atoms in total. The zero-order chi connectivity index (χ0) is 11.5. The maximum Gasteiger partial charge on any atom is 0.0670 e. The third kappa shape index (κ3) is 2.53. The molecule has 4 heteroatoms. The van der Waals surface area contributed by atoms with E-state index in [1.54, 1.807) is 0 Å². The molecule has 1 aromatic carbocycles. The molecule has 1 aromatic rings. The van der Waals surface area contributed by atoms with E-state index in [9.17, 15) is 0 Å². The number of hydrogen-bond donors (Lipinski definition) is 0. The summed E-state index contributed by atoms with van der Waals surface area (Å²) in [4.78, 5) is 2.27. The third-order valence-corrected chi connectivity index (χ3v) is 3.81. The molecule has 0 N–H and O–H groups in total. The molecule has 1 unspecified atom stereocenters. The smallest absolute Gasteiger partial charge is 0.0670 e. The van der Waals surface area contributed by atoms with E-state index in [1.807, 2.05) is 6.07 Å². The van der Waals surface area contributed by atoms with Crippen LogP contribution in [0.1, 0.15) is 12.0 Å². The number of halogens is 2. The van der Waals surface area contributed by atoms with Crippen molar-refractivity contribution in [2.24, 2.45) is 0 Å². The molecule has 0 saturated carbocycles. The van der Waals surface area contributed by atoms with E-state index in [1.165, 1.54) is 11.3 Å². The molecule has 1 aliphatic rings. The summed E-state index contributed by atoms with van der Waals surface area (Å²) in [6.07, 6.45) is 1.09. The lowest BCUT2D eigenvalue weighted by molar-refractivity contribution is 0.193. The second-order valence-corrected chi connectivity index (χ2v) is 5.22. The number of anilines is 1. The van der Waals surface area contributed by atoms with Crippen LogP contribution in [-0.4, -0.2) is 26.3 Å². The van der Waals surface area contributed by atoms with Crippen molar-refractivity contribution in [3.05, 3.63) is 28.2 Å². The maximum absolute atomic E-state index is 5.96. The van der Waals surface area contributed by atoms with E-state index in [4.69, 9.17) is 16.3 Å². The Hall–Kier alpha value is -0.250. The van der Waals surface area contributed by atoms with Crippen LogP contribution in [-0.2, 0) is 10.6 Å². The Bertz CT molecular complexity index is 366. The molecular weight excluding hydrogens is 289 g/mol. The van der Waals surface area contributed by atoms with E-state index in [-0.39, 0.29) is 0 Å². The molecule has 0 radical (unpaired) electrons. The van der Waals surface area contributed by atoms with Crippen LogP contribution in [0.2, 0.25) is 0 Å². The van der Waals surface area contributed by atoms with Crippen LogP contribution in [0.5, 0.6) is 0 Å². The highest BCUT2D eigenvalue weighted by Gasteiger charge is 2.22. The van der Waals surface area contributed by atoms with Gasteiger partial charge in [0.25, 0.3) is 0 Å². The highest BCUT2D eigenvalue weighted by atomic mass is 79.9. The first-order valence-corrected chi connectivity index (χ1v) is 6.70. The van der Waals surface area contributed by atoms with Gasteiger partial charge in [-0.15, -0.1) is 11.6 Å². The van der Waals surface area contributed by atoms with E-state index in [0.29, 0.717) is 11.9 Å². The van der Waals surface area contributed by atoms with Gasteiger partial charge in [0, 0.05) is 29.7 Å². The monoisotopic (exact) mass is 303 g/mol. The largest absolute Gasteiger partial charge is 0.379 e. The van der Waals surface area contributed by atoms with E-state index in [0.717, 1.165) is 24.1 Å². The van der Waals surface area contributed by atoms with Gasteiger partial charge in [-0.3, -0.25) is 0 Å². The highest BCUT2D eigenvalue weighted by Crippen LogP contribution is 2.28. The van der Waals surface area contributed by atoms with Gasteiger partial charge < -0.3 is 9.64 Å². The van der Waals surface area contributed by atoms with Crippen molar-refractivity contribution < 1.29 is 4.74 Å². The molecule has 88 valence electrons. The van der Waals surface area contributed by atoms with E-state index in [2.05, 4.69) is 40.0 Å². The molecule has 1 fully saturated rings. The Labute approximate surface area is 110 Å². The molecule has 0 bridgehead atoms. The van der Waals surface area contributed by atoms with Gasteiger partial charge in [0.05, 0.1) is 12.6 Å². The van der Waals surface area contributed by atoms with Crippen molar-refractivity contribution in [1.82, 2.24) is 0 Å². The van der Waals surface area contributed by atoms with Crippen molar-refractivity contribution in [2.45, 2.75) is 18.3 Å². The average molecular weight is 305 g/mol. The van der Waals surface area contributed by atoms with Crippen molar-refractivity contribution in [2.75, 3.05) is 25.2 Å². The molecule has 0 amide bonds. The lowest BCUT2D eigenvalue weighted by atomic mass is 10.1. The van der Waals surface area contributed by atoms with Crippen molar-refractivity contribution in [3.63, 3.8) is 0 Å². The first kappa shape index (κ1) is 12.2. The lowest BCUT2D eigenvalue weighted by Gasteiger charge is -2.27. The molecule has 0 aliphatic carbocycles. The number of likely N-dealkylation sites (N-methyl/N-ethyl adjacent to an activating group) is 1. The van der Waals surface area contributed by atoms with Gasteiger partial charge in [-0.05, 0) is 24.1 Å². The summed E-state index contributed by atoms with van der Waals surface area (Å²) in [5, 5.41) is 0. The van der Waals surface area contributed by atoms with Gasteiger partial charge in [0.15, 0.2) is 0 Å². The number of benzene rings is 1. The zero-order valence-corrected chi connectivity index (χ0v) is 11.6. The van der Waals surface area contributed by atoms with Crippen LogP contribution < -0.4 is 4.90 Å². The van der Waals surface area contributed by atoms with Crippen LogP contribution in [0, 0.1) is 0 Å². The Morgan fingerprint density at radius 2 is 2.38 bits per heavy atom. The Kier molecular flexibility index (Phi) is 4.11. The summed E-state index contributed by atoms with van der Waals surface area (Å²) >= 11 is 9.46. The topological polar surface area (TPSA) is 12.5 Å². The predicted octanol–water partition coefficient (Wildman–Crippen LogP) is 3.41. The second kappa shape index (κ2) is 5.39. The van der Waals surface area contributed by atoms with Gasteiger partial charge in [-0.25, -0.2) is 0 Å². The fourth-order valence-electron chi connectivity index (χ4n) is 2.00. The summed E-state index contributed by atoms with van der Waals surface area (Å²) in [5.74, 6) is 0.542. The summed E-state index contributed by atoms with van der Waals surface area (Å²) in [6, 6.07) is 6.69. The van der Waals surface area contributed by atoms with Gasteiger partial charge in [0.1, 0.15) is 0 Å². The number of ether oxygens (including phenoxy) is 1. The van der Waals surface area contributed by atoms with Gasteiger partial charge >= 0.3 is 0 Å². The first-order valence-electron chi connectivity index (χ1n) is 5.37. The van der Waals surface area contributed by atoms with E-state index >= 15 is 0 Å². The predicted molar refractivity (Wildman–Crippen MR) is 71.3 cm³/mol. The molecule has 1 aliphatic heterocycles. The zero-order valence-electron chi connectivity index (χ0n) is 9.25. The quantitative estimate of drug-likeness (QED) is 0.794. The SMILES string of the molecule is CN(c1cc(Br)ccc1CCl)C1CCOC1. The standard InChI is InChI=1S/C12H15BrClNO/c1-15(11-4-5-16-8-11)12-6-10(13)3-2-9(12)7-14/h2-3,6,11H,4-5,7-8H2,1H3.